The van der Waals surface area contributed by atoms with Crippen molar-refractivity contribution >= 4 is 0 Å². The van der Waals surface area contributed by atoms with Gasteiger partial charge in [0.05, 0.1) is 12.2 Å². The number of piperidine rings is 1. The highest BCUT2D eigenvalue weighted by Crippen LogP contribution is 2.44. The molecule has 160 valence electrons. The molecule has 1 saturated heterocycles. The number of hydrogen-bond acceptors (Lipinski definition) is 4. The lowest BCUT2D eigenvalue weighted by Crippen LogP contribution is -2.51. The highest BCUT2D eigenvalue weighted by Gasteiger charge is 2.43. The lowest BCUT2D eigenvalue weighted by Gasteiger charge is -2.46. The highest BCUT2D eigenvalue weighted by molar-refractivity contribution is 5.39. The molecule has 0 aromatic heterocycles. The van der Waals surface area contributed by atoms with Crippen molar-refractivity contribution < 1.29 is 19.3 Å². The van der Waals surface area contributed by atoms with Crippen LogP contribution >= 0.6 is 0 Å². The van der Waals surface area contributed by atoms with Gasteiger partial charge in [-0.2, -0.15) is 0 Å². The van der Waals surface area contributed by atoms with E-state index in [4.69, 9.17) is 4.74 Å². The molecule has 5 heteroatoms. The topological polar surface area (TPSA) is 52.9 Å². The first-order valence-electron chi connectivity index (χ1n) is 11.2. The van der Waals surface area contributed by atoms with Crippen LogP contribution in [-0.2, 0) is 12.8 Å². The van der Waals surface area contributed by atoms with Crippen LogP contribution in [0.5, 0.6) is 5.75 Å². The molecule has 3 aliphatic rings. The van der Waals surface area contributed by atoms with Crippen LogP contribution in [0.3, 0.4) is 0 Å². The Morgan fingerprint density at radius 2 is 1.83 bits per heavy atom. The van der Waals surface area contributed by atoms with Gasteiger partial charge in [-0.3, -0.25) is 0 Å². The van der Waals surface area contributed by atoms with Gasteiger partial charge in [0.2, 0.25) is 0 Å². The van der Waals surface area contributed by atoms with Crippen LogP contribution < -0.4 is 4.74 Å². The molecule has 0 unspecified atom stereocenters. The normalized spacial score (nSPS) is 24.0. The number of likely N-dealkylation sites (tertiary alicyclic amines) is 1. The molecule has 4 nitrogen and oxygen atoms in total. The van der Waals surface area contributed by atoms with Crippen LogP contribution in [0, 0.1) is 5.82 Å². The number of β-amino-alcohol motifs (C(OH)–C–C–N with tert-alkyl or cyclic N) is 1. The van der Waals surface area contributed by atoms with Crippen LogP contribution in [0.4, 0.5) is 4.39 Å². The number of fused-ring (bicyclic) bond motifs is 2. The summed E-state index contributed by atoms with van der Waals surface area (Å²) in [7, 11) is 0. The fraction of sp³-hybridized carbons (Fsp3) is 0.520. The van der Waals surface area contributed by atoms with Gasteiger partial charge in [0.1, 0.15) is 17.2 Å². The fourth-order valence-corrected chi connectivity index (χ4v) is 5.37. The number of ether oxygens (including phenoxy) is 1. The minimum Gasteiger partial charge on any atom is -0.487 e. The van der Waals surface area contributed by atoms with Crippen molar-refractivity contribution in [3.63, 3.8) is 0 Å². The maximum Gasteiger partial charge on any atom is 0.126 e. The maximum absolute atomic E-state index is 13.5. The predicted molar refractivity (Wildman–Crippen MR) is 113 cm³/mol. The molecule has 1 spiro atoms. The van der Waals surface area contributed by atoms with Gasteiger partial charge < -0.3 is 19.8 Å². The van der Waals surface area contributed by atoms with Gasteiger partial charge in [0, 0.05) is 31.6 Å². The van der Waals surface area contributed by atoms with Crippen LogP contribution in [0.2, 0.25) is 0 Å². The third-order valence-electron chi connectivity index (χ3n) is 7.18. The molecular formula is C25H30FNO3. The van der Waals surface area contributed by atoms with E-state index in [-0.39, 0.29) is 5.82 Å². The molecule has 0 amide bonds. The second-order valence-electron chi connectivity index (χ2n) is 9.24. The molecule has 0 saturated carbocycles. The molecular weight excluding hydrogens is 381 g/mol. The summed E-state index contributed by atoms with van der Waals surface area (Å²) in [5, 5.41) is 21.4. The van der Waals surface area contributed by atoms with Crippen molar-refractivity contribution in [2.45, 2.75) is 62.8 Å². The monoisotopic (exact) mass is 411 g/mol. The van der Waals surface area contributed by atoms with Gasteiger partial charge in [0.15, 0.2) is 0 Å². The lowest BCUT2D eigenvalue weighted by molar-refractivity contribution is -0.0589. The zero-order valence-corrected chi connectivity index (χ0v) is 17.3. The summed E-state index contributed by atoms with van der Waals surface area (Å²) in [5.74, 6) is 0.246. The number of aliphatic hydroxyl groups excluding tert-OH is 2. The van der Waals surface area contributed by atoms with Gasteiger partial charge in [0.25, 0.3) is 0 Å². The molecule has 0 radical (unpaired) electrons. The van der Waals surface area contributed by atoms with Crippen molar-refractivity contribution in [2.24, 2.45) is 0 Å². The van der Waals surface area contributed by atoms with Crippen molar-refractivity contribution in [1.29, 1.82) is 0 Å². The molecule has 2 aromatic rings. The Morgan fingerprint density at radius 3 is 2.63 bits per heavy atom. The van der Waals surface area contributed by atoms with Gasteiger partial charge in [-0.25, -0.2) is 4.39 Å². The number of aliphatic hydroxyl groups is 2. The van der Waals surface area contributed by atoms with Gasteiger partial charge in [-0.15, -0.1) is 0 Å². The van der Waals surface area contributed by atoms with E-state index in [1.165, 1.54) is 36.1 Å². The largest absolute Gasteiger partial charge is 0.487 e. The Morgan fingerprint density at radius 1 is 1.07 bits per heavy atom. The first-order valence-corrected chi connectivity index (χ1v) is 11.2. The second-order valence-corrected chi connectivity index (χ2v) is 9.24. The van der Waals surface area contributed by atoms with Crippen LogP contribution in [-0.4, -0.2) is 40.3 Å². The fourth-order valence-electron chi connectivity index (χ4n) is 5.37. The zero-order chi connectivity index (χ0) is 20.7. The van der Waals surface area contributed by atoms with E-state index in [1.807, 2.05) is 0 Å². The minimum atomic E-state index is -0.697. The smallest absolute Gasteiger partial charge is 0.126 e. The number of benzene rings is 2. The van der Waals surface area contributed by atoms with E-state index in [0.29, 0.717) is 24.3 Å². The second kappa shape index (κ2) is 7.95. The zero-order valence-electron chi connectivity index (χ0n) is 17.3. The van der Waals surface area contributed by atoms with Gasteiger partial charge in [-0.05, 0) is 73.4 Å². The third-order valence-corrected chi connectivity index (χ3v) is 7.18. The van der Waals surface area contributed by atoms with E-state index in [2.05, 4.69) is 23.1 Å². The number of nitrogens with zero attached hydrogens (tertiary/aromatic N) is 1. The molecule has 2 atom stereocenters. The van der Waals surface area contributed by atoms with Gasteiger partial charge >= 0.3 is 0 Å². The summed E-state index contributed by atoms with van der Waals surface area (Å²) < 4.78 is 19.8. The van der Waals surface area contributed by atoms with Gasteiger partial charge in [-0.1, -0.05) is 18.2 Å². The van der Waals surface area contributed by atoms with E-state index in [9.17, 15) is 14.6 Å². The summed E-state index contributed by atoms with van der Waals surface area (Å²) >= 11 is 0. The molecule has 2 aliphatic heterocycles. The number of rotatable bonds is 3. The van der Waals surface area contributed by atoms with Crippen molar-refractivity contribution in [1.82, 2.24) is 4.90 Å². The highest BCUT2D eigenvalue weighted by atomic mass is 19.1. The minimum absolute atomic E-state index is 0.349. The number of hydrogen-bond donors (Lipinski definition) is 2. The quantitative estimate of drug-likeness (QED) is 0.799. The Balaban J connectivity index is 1.22. The average Bonchev–Trinajstić information content (AvgIpc) is 2.76. The SMILES string of the molecule is O[C@@H](CN1CCC2(CC1)C[C@H](O)c1cc(F)ccc1O2)c1ccc2c(c1)CCCC2. The summed E-state index contributed by atoms with van der Waals surface area (Å²) in [6.45, 7) is 2.23. The summed E-state index contributed by atoms with van der Waals surface area (Å²) in [5.41, 5.74) is 3.99. The molecule has 2 N–H and O–H groups in total. The van der Waals surface area contributed by atoms with Crippen molar-refractivity contribution in [3.8, 4) is 5.75 Å². The Kier molecular flexibility index (Phi) is 5.30. The maximum atomic E-state index is 13.5. The van der Waals surface area contributed by atoms with Crippen molar-refractivity contribution in [3.05, 3.63) is 64.5 Å². The Bertz CT molecular complexity index is 923. The van der Waals surface area contributed by atoms with Crippen molar-refractivity contribution in [2.75, 3.05) is 19.6 Å². The predicted octanol–water partition coefficient (Wildman–Crippen LogP) is 4.09. The molecule has 1 aliphatic carbocycles. The molecule has 30 heavy (non-hydrogen) atoms. The van der Waals surface area contributed by atoms with E-state index in [1.54, 1.807) is 6.07 Å². The number of halogens is 1. The average molecular weight is 412 g/mol. The van der Waals surface area contributed by atoms with E-state index in [0.717, 1.165) is 44.3 Å². The Labute approximate surface area is 177 Å². The van der Waals surface area contributed by atoms with Crippen LogP contribution in [0.15, 0.2) is 36.4 Å². The lowest BCUT2D eigenvalue weighted by atomic mass is 9.81. The summed E-state index contributed by atoms with van der Waals surface area (Å²) in [6, 6.07) is 10.8. The molecule has 0 bridgehead atoms. The Hall–Kier alpha value is -1.95. The third kappa shape index (κ3) is 3.86. The van der Waals surface area contributed by atoms with E-state index < -0.39 is 17.8 Å². The first-order chi connectivity index (χ1) is 14.5. The van der Waals surface area contributed by atoms with Crippen LogP contribution in [0.25, 0.3) is 0 Å². The summed E-state index contributed by atoms with van der Waals surface area (Å²) in [4.78, 5) is 2.28. The standard InChI is InChI=1S/C25H30FNO3/c26-20-7-8-24-21(14-20)22(28)15-25(30-24)9-11-27(12-10-25)16-23(29)19-6-5-17-3-1-2-4-18(17)13-19/h5-8,13-14,22-23,28-29H,1-4,9-12,15-16H2/t22-,23-/m0/s1. The van der Waals surface area contributed by atoms with E-state index >= 15 is 0 Å². The molecule has 2 aromatic carbocycles. The molecule has 2 heterocycles. The molecule has 1 fully saturated rings. The molecule has 5 rings (SSSR count). The first kappa shape index (κ1) is 20.0. The summed E-state index contributed by atoms with van der Waals surface area (Å²) in [6.07, 6.45) is 5.66. The van der Waals surface area contributed by atoms with Crippen LogP contribution in [0.1, 0.15) is 66.6 Å². The number of aryl methyl sites for hydroxylation is 2.